The van der Waals surface area contributed by atoms with Gasteiger partial charge in [-0.15, -0.1) is 0 Å². The highest BCUT2D eigenvalue weighted by molar-refractivity contribution is 5.95. The molecule has 0 saturated carbocycles. The number of ether oxygens (including phenoxy) is 2. The monoisotopic (exact) mass is 187 g/mol. The Kier molecular flexibility index (Phi) is 4.66. The first-order valence-electron chi connectivity index (χ1n) is 3.95. The normalized spacial score (nSPS) is 12.1. The van der Waals surface area contributed by atoms with Crippen molar-refractivity contribution in [2.45, 2.75) is 12.7 Å². The van der Waals surface area contributed by atoms with E-state index in [1.165, 1.54) is 20.3 Å². The van der Waals surface area contributed by atoms with Crippen molar-refractivity contribution in [3.63, 3.8) is 0 Å². The Morgan fingerprint density at radius 2 is 1.77 bits per heavy atom. The van der Waals surface area contributed by atoms with Crippen LogP contribution in [-0.4, -0.2) is 44.8 Å². The fourth-order valence-corrected chi connectivity index (χ4v) is 0.653. The van der Waals surface area contributed by atoms with Crippen LogP contribution in [0.1, 0.15) is 6.92 Å². The van der Waals surface area contributed by atoms with Gasteiger partial charge in [-0.1, -0.05) is 0 Å². The number of hydrogen-bond donors (Lipinski definition) is 0. The number of ketones is 1. The summed E-state index contributed by atoms with van der Waals surface area (Å²) in [5.74, 6) is -1.39. The van der Waals surface area contributed by atoms with Crippen LogP contribution in [0.15, 0.2) is 12.3 Å². The summed E-state index contributed by atoms with van der Waals surface area (Å²) in [6.07, 6.45) is 3.08. The van der Waals surface area contributed by atoms with Gasteiger partial charge in [-0.25, -0.2) is 0 Å². The van der Waals surface area contributed by atoms with Crippen LogP contribution in [0.25, 0.3) is 0 Å². The molecule has 0 bridgehead atoms. The Morgan fingerprint density at radius 1 is 1.31 bits per heavy atom. The second-order valence-corrected chi connectivity index (χ2v) is 3.00. The molecule has 0 aromatic rings. The lowest BCUT2D eigenvalue weighted by molar-refractivity contribution is -0.194. The van der Waals surface area contributed by atoms with Crippen LogP contribution in [0.3, 0.4) is 0 Å². The SMILES string of the molecule is COC(C)(OC)C(=O)/C=C/N(C)C. The van der Waals surface area contributed by atoms with Crippen LogP contribution in [0.2, 0.25) is 0 Å². The van der Waals surface area contributed by atoms with E-state index in [9.17, 15) is 4.79 Å². The van der Waals surface area contributed by atoms with Gasteiger partial charge in [-0.05, 0) is 6.92 Å². The second-order valence-electron chi connectivity index (χ2n) is 3.00. The third-order valence-corrected chi connectivity index (χ3v) is 1.75. The van der Waals surface area contributed by atoms with Crippen LogP contribution in [0, 0.1) is 0 Å². The largest absolute Gasteiger partial charge is 0.383 e. The molecule has 0 saturated heterocycles. The van der Waals surface area contributed by atoms with Crippen molar-refractivity contribution in [1.82, 2.24) is 4.90 Å². The number of methoxy groups -OCH3 is 2. The fraction of sp³-hybridized carbons (Fsp3) is 0.667. The minimum Gasteiger partial charge on any atom is -0.383 e. The molecule has 0 aliphatic heterocycles. The van der Waals surface area contributed by atoms with E-state index in [2.05, 4.69) is 0 Å². The Morgan fingerprint density at radius 3 is 2.08 bits per heavy atom. The molecule has 0 spiro atoms. The average molecular weight is 187 g/mol. The van der Waals surface area contributed by atoms with Crippen molar-refractivity contribution in [2.75, 3.05) is 28.3 Å². The van der Waals surface area contributed by atoms with E-state index in [4.69, 9.17) is 9.47 Å². The maximum absolute atomic E-state index is 11.5. The highest BCUT2D eigenvalue weighted by Gasteiger charge is 2.30. The molecule has 0 amide bonds. The molecule has 0 N–H and O–H groups in total. The van der Waals surface area contributed by atoms with Gasteiger partial charge in [0.1, 0.15) is 0 Å². The van der Waals surface area contributed by atoms with Crippen molar-refractivity contribution >= 4 is 5.78 Å². The van der Waals surface area contributed by atoms with Crippen molar-refractivity contribution in [3.05, 3.63) is 12.3 Å². The van der Waals surface area contributed by atoms with Gasteiger partial charge in [0.2, 0.25) is 11.6 Å². The molecule has 0 unspecified atom stereocenters. The number of carbonyl (C=O) groups is 1. The van der Waals surface area contributed by atoms with E-state index < -0.39 is 5.79 Å². The number of hydrogen-bond acceptors (Lipinski definition) is 4. The quantitative estimate of drug-likeness (QED) is 0.467. The molecule has 13 heavy (non-hydrogen) atoms. The summed E-state index contributed by atoms with van der Waals surface area (Å²) >= 11 is 0. The Bertz CT molecular complexity index is 195. The third-order valence-electron chi connectivity index (χ3n) is 1.75. The van der Waals surface area contributed by atoms with E-state index in [1.807, 2.05) is 14.1 Å². The van der Waals surface area contributed by atoms with E-state index in [1.54, 1.807) is 18.0 Å². The minimum absolute atomic E-state index is 0.216. The van der Waals surface area contributed by atoms with E-state index in [-0.39, 0.29) is 5.78 Å². The molecular weight excluding hydrogens is 170 g/mol. The summed E-state index contributed by atoms with van der Waals surface area (Å²) in [6, 6.07) is 0. The van der Waals surface area contributed by atoms with Crippen LogP contribution < -0.4 is 0 Å². The van der Waals surface area contributed by atoms with Gasteiger partial charge < -0.3 is 14.4 Å². The molecule has 4 heteroatoms. The predicted molar refractivity (Wildman–Crippen MR) is 50.3 cm³/mol. The molecule has 76 valence electrons. The van der Waals surface area contributed by atoms with E-state index >= 15 is 0 Å². The third kappa shape index (κ3) is 3.57. The minimum atomic E-state index is -1.17. The Balaban J connectivity index is 4.40. The molecule has 0 rings (SSSR count). The van der Waals surface area contributed by atoms with Crippen molar-refractivity contribution in [2.24, 2.45) is 0 Å². The van der Waals surface area contributed by atoms with Crippen LogP contribution in [-0.2, 0) is 14.3 Å². The van der Waals surface area contributed by atoms with E-state index in [0.29, 0.717) is 0 Å². The molecule has 0 atom stereocenters. The van der Waals surface area contributed by atoms with Gasteiger partial charge in [-0.3, -0.25) is 4.79 Å². The second kappa shape index (κ2) is 4.99. The molecule has 0 aliphatic rings. The molecule has 0 aromatic heterocycles. The summed E-state index contributed by atoms with van der Waals surface area (Å²) in [7, 11) is 6.54. The maximum Gasteiger partial charge on any atom is 0.229 e. The van der Waals surface area contributed by atoms with Gasteiger partial charge in [-0.2, -0.15) is 0 Å². The van der Waals surface area contributed by atoms with Crippen molar-refractivity contribution < 1.29 is 14.3 Å². The average Bonchev–Trinajstić information content (AvgIpc) is 2.12. The van der Waals surface area contributed by atoms with Crippen LogP contribution in [0.5, 0.6) is 0 Å². The lowest BCUT2D eigenvalue weighted by Crippen LogP contribution is -2.38. The molecule has 0 heterocycles. The Labute approximate surface area is 79.1 Å². The summed E-state index contributed by atoms with van der Waals surface area (Å²) < 4.78 is 9.88. The lowest BCUT2D eigenvalue weighted by atomic mass is 10.2. The predicted octanol–water partition coefficient (Wildman–Crippen LogP) is 0.640. The molecular formula is C9H17NO3. The zero-order valence-electron chi connectivity index (χ0n) is 8.83. The fourth-order valence-electron chi connectivity index (χ4n) is 0.653. The topological polar surface area (TPSA) is 38.8 Å². The maximum atomic E-state index is 11.5. The highest BCUT2D eigenvalue weighted by atomic mass is 16.7. The Hall–Kier alpha value is -0.870. The smallest absolute Gasteiger partial charge is 0.229 e. The highest BCUT2D eigenvalue weighted by Crippen LogP contribution is 2.11. The molecule has 0 aliphatic carbocycles. The summed E-state index contributed by atoms with van der Waals surface area (Å²) in [5.41, 5.74) is 0. The van der Waals surface area contributed by atoms with Gasteiger partial charge in [0.25, 0.3) is 0 Å². The first-order valence-corrected chi connectivity index (χ1v) is 3.95. The zero-order valence-corrected chi connectivity index (χ0v) is 8.83. The zero-order chi connectivity index (χ0) is 10.5. The number of rotatable bonds is 5. The van der Waals surface area contributed by atoms with Gasteiger partial charge >= 0.3 is 0 Å². The van der Waals surface area contributed by atoms with Crippen LogP contribution in [0.4, 0.5) is 0 Å². The van der Waals surface area contributed by atoms with Gasteiger partial charge in [0.05, 0.1) is 0 Å². The van der Waals surface area contributed by atoms with Crippen LogP contribution >= 0.6 is 0 Å². The van der Waals surface area contributed by atoms with Crippen molar-refractivity contribution in [3.8, 4) is 0 Å². The lowest BCUT2D eigenvalue weighted by Gasteiger charge is -2.22. The first-order chi connectivity index (χ1) is 5.96. The standard InChI is InChI=1S/C9H17NO3/c1-9(12-4,13-5)8(11)6-7-10(2)3/h6-7H,1-5H3/b7-6+. The first kappa shape index (κ1) is 12.1. The molecule has 4 nitrogen and oxygen atoms in total. The molecule has 0 radical (unpaired) electrons. The van der Waals surface area contributed by atoms with E-state index in [0.717, 1.165) is 0 Å². The number of carbonyl (C=O) groups excluding carboxylic acids is 1. The summed E-state index contributed by atoms with van der Waals surface area (Å²) in [5, 5.41) is 0. The summed E-state index contributed by atoms with van der Waals surface area (Å²) in [4.78, 5) is 13.2. The van der Waals surface area contributed by atoms with Gasteiger partial charge in [0, 0.05) is 40.6 Å². The van der Waals surface area contributed by atoms with Gasteiger partial charge in [0.15, 0.2) is 0 Å². The summed E-state index contributed by atoms with van der Waals surface area (Å²) in [6.45, 7) is 1.58. The number of nitrogens with zero attached hydrogens (tertiary/aromatic N) is 1. The molecule has 0 aromatic carbocycles. The van der Waals surface area contributed by atoms with Crippen molar-refractivity contribution in [1.29, 1.82) is 0 Å². The molecule has 0 fully saturated rings.